The zero-order chi connectivity index (χ0) is 14.5. The molecule has 0 fully saturated rings. The maximum Gasteiger partial charge on any atom is 0.134 e. The van der Waals surface area contributed by atoms with Crippen LogP contribution in [-0.2, 0) is 6.42 Å². The van der Waals surface area contributed by atoms with Crippen LogP contribution in [0.3, 0.4) is 0 Å². The number of rotatable bonds is 7. The molecule has 0 saturated heterocycles. The van der Waals surface area contributed by atoms with Gasteiger partial charge >= 0.3 is 0 Å². The number of nitrogens with one attached hydrogen (secondary N) is 1. The fourth-order valence-corrected chi connectivity index (χ4v) is 3.16. The number of nitrogens with zero attached hydrogens (tertiary/aromatic N) is 2. The van der Waals surface area contributed by atoms with Crippen molar-refractivity contribution in [1.82, 2.24) is 15.1 Å². The average Bonchev–Trinajstić information content (AvgIpc) is 3.12. The second-order valence-corrected chi connectivity index (χ2v) is 5.89. The molecule has 2 aromatic rings. The molecule has 5 heteroatoms. The highest BCUT2D eigenvalue weighted by molar-refractivity contribution is 7.10. The van der Waals surface area contributed by atoms with Crippen molar-refractivity contribution in [3.05, 3.63) is 34.3 Å². The summed E-state index contributed by atoms with van der Waals surface area (Å²) in [5.41, 5.74) is 1.11. The molecule has 0 amide bonds. The van der Waals surface area contributed by atoms with Gasteiger partial charge in [-0.05, 0) is 37.9 Å². The predicted molar refractivity (Wildman–Crippen MR) is 83.6 cm³/mol. The third kappa shape index (κ3) is 3.22. The molecule has 2 heterocycles. The summed E-state index contributed by atoms with van der Waals surface area (Å²) in [6.07, 6.45) is 4.04. The van der Waals surface area contributed by atoms with E-state index in [1.165, 1.54) is 4.88 Å². The van der Waals surface area contributed by atoms with Gasteiger partial charge in [-0.3, -0.25) is 4.68 Å². The van der Waals surface area contributed by atoms with E-state index in [1.54, 1.807) is 18.4 Å². The van der Waals surface area contributed by atoms with Gasteiger partial charge in [0.1, 0.15) is 5.75 Å². The third-order valence-corrected chi connectivity index (χ3v) is 4.67. The fraction of sp³-hybridized carbons (Fsp3) is 0.533. The van der Waals surface area contributed by atoms with E-state index in [-0.39, 0.29) is 6.04 Å². The largest absolute Gasteiger partial charge is 0.496 e. The Morgan fingerprint density at radius 1 is 1.45 bits per heavy atom. The Hall–Kier alpha value is -1.33. The molecule has 0 aromatic carbocycles. The van der Waals surface area contributed by atoms with E-state index in [0.717, 1.165) is 24.3 Å². The second-order valence-electron chi connectivity index (χ2n) is 4.94. The number of hydrogen-bond donors (Lipinski definition) is 1. The molecule has 0 spiro atoms. The normalized spacial score (nSPS) is 14.2. The van der Waals surface area contributed by atoms with Crippen LogP contribution < -0.4 is 10.1 Å². The second kappa shape index (κ2) is 6.90. The van der Waals surface area contributed by atoms with E-state index in [4.69, 9.17) is 4.74 Å². The van der Waals surface area contributed by atoms with E-state index in [0.29, 0.717) is 6.04 Å². The van der Waals surface area contributed by atoms with E-state index in [9.17, 15) is 0 Å². The van der Waals surface area contributed by atoms with Crippen LogP contribution in [0, 0.1) is 0 Å². The Morgan fingerprint density at radius 2 is 2.25 bits per heavy atom. The highest BCUT2D eigenvalue weighted by Gasteiger charge is 2.18. The van der Waals surface area contributed by atoms with Crippen molar-refractivity contribution >= 4 is 11.3 Å². The van der Waals surface area contributed by atoms with Crippen molar-refractivity contribution in [2.24, 2.45) is 0 Å². The molecule has 20 heavy (non-hydrogen) atoms. The minimum atomic E-state index is 0.241. The first-order valence-electron chi connectivity index (χ1n) is 7.02. The Bertz CT molecular complexity index is 535. The monoisotopic (exact) mass is 293 g/mol. The van der Waals surface area contributed by atoms with Crippen LogP contribution in [0.2, 0.25) is 0 Å². The minimum absolute atomic E-state index is 0.241. The summed E-state index contributed by atoms with van der Waals surface area (Å²) < 4.78 is 7.46. The summed E-state index contributed by atoms with van der Waals surface area (Å²) in [7, 11) is 3.70. The van der Waals surface area contributed by atoms with Gasteiger partial charge in [0.2, 0.25) is 0 Å². The molecule has 2 rings (SSSR count). The number of ether oxygens (including phenoxy) is 1. The molecule has 0 saturated carbocycles. The summed E-state index contributed by atoms with van der Waals surface area (Å²) >= 11 is 1.72. The summed E-state index contributed by atoms with van der Waals surface area (Å²) in [6.45, 7) is 4.37. The number of hydrogen-bond acceptors (Lipinski definition) is 4. The maximum atomic E-state index is 5.41. The highest BCUT2D eigenvalue weighted by Crippen LogP contribution is 2.32. The van der Waals surface area contributed by atoms with Gasteiger partial charge in [-0.25, -0.2) is 0 Å². The van der Waals surface area contributed by atoms with Crippen molar-refractivity contribution < 1.29 is 4.74 Å². The molecule has 2 aromatic heterocycles. The average molecular weight is 293 g/mol. The van der Waals surface area contributed by atoms with Crippen molar-refractivity contribution in [3.63, 3.8) is 0 Å². The first-order chi connectivity index (χ1) is 9.69. The van der Waals surface area contributed by atoms with Gasteiger partial charge in [0.25, 0.3) is 0 Å². The van der Waals surface area contributed by atoms with Crippen LogP contribution in [0.4, 0.5) is 0 Å². The van der Waals surface area contributed by atoms with Crippen molar-refractivity contribution in [3.8, 4) is 5.75 Å². The van der Waals surface area contributed by atoms with Crippen molar-refractivity contribution in [2.75, 3.05) is 14.2 Å². The van der Waals surface area contributed by atoms with Gasteiger partial charge in [0.15, 0.2) is 0 Å². The highest BCUT2D eigenvalue weighted by atomic mass is 32.1. The number of likely N-dealkylation sites (N-methyl/N-ethyl adjacent to an activating group) is 1. The van der Waals surface area contributed by atoms with Crippen LogP contribution in [0.1, 0.15) is 42.9 Å². The maximum absolute atomic E-state index is 5.41. The Labute approximate surface area is 124 Å². The lowest BCUT2D eigenvalue weighted by atomic mass is 10.1. The molecule has 0 aliphatic heterocycles. The quantitative estimate of drug-likeness (QED) is 0.850. The van der Waals surface area contributed by atoms with Crippen molar-refractivity contribution in [1.29, 1.82) is 0 Å². The fourth-order valence-electron chi connectivity index (χ4n) is 2.19. The molecular formula is C15H23N3OS. The minimum Gasteiger partial charge on any atom is -0.496 e. The molecular weight excluding hydrogens is 270 g/mol. The van der Waals surface area contributed by atoms with Gasteiger partial charge in [-0.1, -0.05) is 6.92 Å². The van der Waals surface area contributed by atoms with E-state index >= 15 is 0 Å². The van der Waals surface area contributed by atoms with Gasteiger partial charge in [0.05, 0.1) is 23.7 Å². The predicted octanol–water partition coefficient (Wildman–Crippen LogP) is 3.43. The van der Waals surface area contributed by atoms with E-state index in [1.807, 2.05) is 17.8 Å². The molecule has 2 atom stereocenters. The Balaban J connectivity index is 2.12. The summed E-state index contributed by atoms with van der Waals surface area (Å²) in [5, 5.41) is 10.1. The Morgan fingerprint density at radius 3 is 2.90 bits per heavy atom. The van der Waals surface area contributed by atoms with Crippen LogP contribution in [0.15, 0.2) is 23.7 Å². The molecule has 1 N–H and O–H groups in total. The smallest absolute Gasteiger partial charge is 0.134 e. The SMILES string of the molecule is CCC(C)n1ccc(CC(NC)c2sccc2OC)n1. The van der Waals surface area contributed by atoms with E-state index in [2.05, 4.69) is 41.9 Å². The van der Waals surface area contributed by atoms with Crippen LogP contribution in [0.5, 0.6) is 5.75 Å². The van der Waals surface area contributed by atoms with Gasteiger partial charge in [-0.15, -0.1) is 11.3 Å². The van der Waals surface area contributed by atoms with Crippen LogP contribution >= 0.6 is 11.3 Å². The Kier molecular flexibility index (Phi) is 5.20. The number of thiophene rings is 1. The molecule has 0 radical (unpaired) electrons. The summed E-state index contributed by atoms with van der Waals surface area (Å²) in [4.78, 5) is 1.23. The number of aromatic nitrogens is 2. The summed E-state index contributed by atoms with van der Waals surface area (Å²) in [6, 6.07) is 4.82. The van der Waals surface area contributed by atoms with Crippen molar-refractivity contribution in [2.45, 2.75) is 38.8 Å². The molecule has 0 bridgehead atoms. The number of methoxy groups -OCH3 is 1. The lowest BCUT2D eigenvalue weighted by molar-refractivity contribution is 0.404. The summed E-state index contributed by atoms with van der Waals surface area (Å²) in [5.74, 6) is 0.954. The molecule has 2 unspecified atom stereocenters. The van der Waals surface area contributed by atoms with Gasteiger partial charge in [0, 0.05) is 18.7 Å². The zero-order valence-electron chi connectivity index (χ0n) is 12.6. The molecule has 110 valence electrons. The van der Waals surface area contributed by atoms with Crippen LogP contribution in [-0.4, -0.2) is 23.9 Å². The first-order valence-corrected chi connectivity index (χ1v) is 7.90. The topological polar surface area (TPSA) is 39.1 Å². The standard InChI is InChI=1S/C15H23N3OS/c1-5-11(2)18-8-6-12(17-18)10-13(16-3)15-14(19-4)7-9-20-15/h6-9,11,13,16H,5,10H2,1-4H3. The lowest BCUT2D eigenvalue weighted by Crippen LogP contribution is -2.19. The van der Waals surface area contributed by atoms with Gasteiger partial charge < -0.3 is 10.1 Å². The molecule has 0 aliphatic carbocycles. The lowest BCUT2D eigenvalue weighted by Gasteiger charge is -2.15. The first kappa shape index (κ1) is 15.1. The molecule has 0 aliphatic rings. The zero-order valence-corrected chi connectivity index (χ0v) is 13.4. The van der Waals surface area contributed by atoms with E-state index < -0.39 is 0 Å². The molecule has 4 nitrogen and oxygen atoms in total. The van der Waals surface area contributed by atoms with Crippen LogP contribution in [0.25, 0.3) is 0 Å². The van der Waals surface area contributed by atoms with Gasteiger partial charge in [-0.2, -0.15) is 5.10 Å². The third-order valence-electron chi connectivity index (χ3n) is 3.66.